The van der Waals surface area contributed by atoms with Gasteiger partial charge in [-0.2, -0.15) is 9.97 Å². The second-order valence-electron chi connectivity index (χ2n) is 8.85. The lowest BCUT2D eigenvalue weighted by Gasteiger charge is -2.30. The van der Waals surface area contributed by atoms with E-state index < -0.39 is 6.43 Å². The van der Waals surface area contributed by atoms with Crippen LogP contribution >= 0.6 is 15.9 Å². The Morgan fingerprint density at radius 2 is 1.89 bits per heavy atom. The van der Waals surface area contributed by atoms with Crippen LogP contribution in [0.2, 0.25) is 0 Å². The van der Waals surface area contributed by atoms with Crippen LogP contribution in [0.1, 0.15) is 37.9 Å². The highest BCUT2D eigenvalue weighted by Gasteiger charge is 2.27. The Balaban J connectivity index is 1.46. The van der Waals surface area contributed by atoms with Crippen molar-refractivity contribution in [2.45, 2.75) is 44.3 Å². The van der Waals surface area contributed by atoms with Crippen LogP contribution in [0.15, 0.2) is 30.3 Å². The van der Waals surface area contributed by atoms with Gasteiger partial charge < -0.3 is 19.7 Å². The third-order valence-corrected chi connectivity index (χ3v) is 6.94. The van der Waals surface area contributed by atoms with Crippen molar-refractivity contribution in [1.29, 1.82) is 0 Å². The molecule has 0 radical (unpaired) electrons. The van der Waals surface area contributed by atoms with E-state index in [0.29, 0.717) is 49.2 Å². The lowest BCUT2D eigenvalue weighted by molar-refractivity contribution is -0.119. The van der Waals surface area contributed by atoms with Crippen LogP contribution in [0.5, 0.6) is 5.88 Å². The topological polar surface area (TPSA) is 94.4 Å². The minimum atomic E-state index is -2.78. The Labute approximate surface area is 215 Å². The quantitative estimate of drug-likeness (QED) is 0.436. The van der Waals surface area contributed by atoms with Gasteiger partial charge in [0.05, 0.1) is 29.6 Å². The fraction of sp³-hybridized carbons (Fsp3) is 0.500. The maximum absolute atomic E-state index is 14.0. The SMILES string of the molecule is O=C(CBr)NC1CCC(Oc2cc(-n3c(C(F)F)nc4ccccc43)nc(N3CCOCC3)n2)CC1. The van der Waals surface area contributed by atoms with E-state index in [2.05, 4.69) is 36.2 Å². The number of nitrogens with zero attached hydrogens (tertiary/aromatic N) is 5. The van der Waals surface area contributed by atoms with E-state index in [4.69, 9.17) is 9.47 Å². The van der Waals surface area contributed by atoms with Crippen LogP contribution in [0, 0.1) is 0 Å². The summed E-state index contributed by atoms with van der Waals surface area (Å²) in [6, 6.07) is 8.71. The number of carbonyl (C=O) groups excluding carboxylic acids is 1. The highest BCUT2D eigenvalue weighted by atomic mass is 79.9. The van der Waals surface area contributed by atoms with Gasteiger partial charge in [-0.15, -0.1) is 0 Å². The molecule has 1 amide bonds. The second kappa shape index (κ2) is 11.0. The first-order chi connectivity index (χ1) is 17.5. The second-order valence-corrected chi connectivity index (χ2v) is 9.41. The number of alkyl halides is 3. The molecule has 36 heavy (non-hydrogen) atoms. The van der Waals surface area contributed by atoms with Gasteiger partial charge in [-0.25, -0.2) is 13.8 Å². The van der Waals surface area contributed by atoms with Crippen molar-refractivity contribution in [3.8, 4) is 11.7 Å². The monoisotopic (exact) mass is 564 g/mol. The average molecular weight is 565 g/mol. The lowest BCUT2D eigenvalue weighted by atomic mass is 9.93. The first-order valence-corrected chi connectivity index (χ1v) is 13.1. The molecule has 192 valence electrons. The summed E-state index contributed by atoms with van der Waals surface area (Å²) < 4.78 is 41.1. The van der Waals surface area contributed by atoms with Crippen LogP contribution in [-0.2, 0) is 9.53 Å². The summed E-state index contributed by atoms with van der Waals surface area (Å²) >= 11 is 3.17. The predicted molar refractivity (Wildman–Crippen MR) is 133 cm³/mol. The number of ether oxygens (including phenoxy) is 2. The maximum atomic E-state index is 14.0. The van der Waals surface area contributed by atoms with Crippen molar-refractivity contribution in [1.82, 2.24) is 24.8 Å². The zero-order valence-electron chi connectivity index (χ0n) is 19.6. The number of nitrogens with one attached hydrogen (secondary N) is 1. The number of amides is 1. The normalized spacial score (nSPS) is 20.6. The number of imidazole rings is 1. The number of anilines is 1. The molecule has 0 atom stereocenters. The van der Waals surface area contributed by atoms with E-state index in [1.54, 1.807) is 30.3 Å². The molecule has 3 heterocycles. The van der Waals surface area contributed by atoms with Gasteiger partial charge in [-0.05, 0) is 37.8 Å². The van der Waals surface area contributed by atoms with Crippen LogP contribution in [0.25, 0.3) is 16.9 Å². The molecule has 1 aromatic carbocycles. The van der Waals surface area contributed by atoms with Crippen molar-refractivity contribution in [3.05, 3.63) is 36.2 Å². The summed E-state index contributed by atoms with van der Waals surface area (Å²) in [5.74, 6) is 0.604. The smallest absolute Gasteiger partial charge is 0.296 e. The molecule has 0 bridgehead atoms. The van der Waals surface area contributed by atoms with Gasteiger partial charge in [0.25, 0.3) is 6.43 Å². The van der Waals surface area contributed by atoms with E-state index in [1.807, 2.05) is 4.90 Å². The molecule has 0 unspecified atom stereocenters. The molecule has 3 aromatic rings. The number of morpholine rings is 1. The molecule has 1 aliphatic carbocycles. The van der Waals surface area contributed by atoms with Crippen molar-refractivity contribution in [3.63, 3.8) is 0 Å². The van der Waals surface area contributed by atoms with E-state index in [9.17, 15) is 13.6 Å². The van der Waals surface area contributed by atoms with Gasteiger partial charge >= 0.3 is 0 Å². The standard InChI is InChI=1S/C24H27BrF2N6O3/c25-14-20(34)28-15-5-7-16(8-6-15)36-21-13-19(30-24(31-21)32-9-11-35-12-10-32)33-18-4-2-1-3-17(18)29-23(33)22(26)27/h1-4,13,15-16,22H,5-12,14H2,(H,28,34). The number of benzene rings is 1. The molecule has 5 rings (SSSR count). The molecule has 1 saturated carbocycles. The third-order valence-electron chi connectivity index (χ3n) is 6.43. The Morgan fingerprint density at radius 3 is 2.61 bits per heavy atom. The molecular weight excluding hydrogens is 538 g/mol. The highest BCUT2D eigenvalue weighted by molar-refractivity contribution is 9.09. The first-order valence-electron chi connectivity index (χ1n) is 12.0. The minimum absolute atomic E-state index is 0.0302. The van der Waals surface area contributed by atoms with Gasteiger partial charge in [-0.1, -0.05) is 28.1 Å². The number of halogens is 3. The average Bonchev–Trinajstić information content (AvgIpc) is 3.30. The maximum Gasteiger partial charge on any atom is 0.296 e. The molecular formula is C24H27BrF2N6O3. The number of fused-ring (bicyclic) bond motifs is 1. The number of hydrogen-bond acceptors (Lipinski definition) is 7. The van der Waals surface area contributed by atoms with Gasteiger partial charge in [0.2, 0.25) is 17.7 Å². The fourth-order valence-corrected chi connectivity index (χ4v) is 4.84. The highest BCUT2D eigenvalue weighted by Crippen LogP contribution is 2.31. The van der Waals surface area contributed by atoms with E-state index >= 15 is 0 Å². The zero-order valence-corrected chi connectivity index (χ0v) is 21.2. The van der Waals surface area contributed by atoms with Gasteiger partial charge in [0.1, 0.15) is 11.9 Å². The molecule has 12 heteroatoms. The summed E-state index contributed by atoms with van der Waals surface area (Å²) in [5.41, 5.74) is 0.999. The molecule has 1 saturated heterocycles. The molecule has 9 nitrogen and oxygen atoms in total. The summed E-state index contributed by atoms with van der Waals surface area (Å²) in [7, 11) is 0. The molecule has 2 aromatic heterocycles. The van der Waals surface area contributed by atoms with Crippen LogP contribution < -0.4 is 15.0 Å². The van der Waals surface area contributed by atoms with Crippen molar-refractivity contribution in [2.75, 3.05) is 36.5 Å². The Hall–Kier alpha value is -2.86. The van der Waals surface area contributed by atoms with Crippen molar-refractivity contribution < 1.29 is 23.0 Å². The summed E-state index contributed by atoms with van der Waals surface area (Å²) in [5, 5.41) is 3.28. The van der Waals surface area contributed by atoms with Gasteiger partial charge in [-0.3, -0.25) is 9.36 Å². The largest absolute Gasteiger partial charge is 0.474 e. The summed E-state index contributed by atoms with van der Waals surface area (Å²) in [4.78, 5) is 27.1. The Bertz CT molecular complexity index is 1210. The predicted octanol–water partition coefficient (Wildman–Crippen LogP) is 3.79. The third kappa shape index (κ3) is 5.44. The number of carbonyl (C=O) groups is 1. The molecule has 2 fully saturated rings. The zero-order chi connectivity index (χ0) is 25.1. The first kappa shape index (κ1) is 24.8. The van der Waals surface area contributed by atoms with Crippen LogP contribution in [0.4, 0.5) is 14.7 Å². The number of aromatic nitrogens is 4. The Kier molecular flexibility index (Phi) is 7.61. The number of rotatable bonds is 7. The summed E-state index contributed by atoms with van der Waals surface area (Å²) in [6.07, 6.45) is 0.189. The van der Waals surface area contributed by atoms with E-state index in [-0.39, 0.29) is 35.0 Å². The minimum Gasteiger partial charge on any atom is -0.474 e. The molecule has 2 aliphatic rings. The lowest BCUT2D eigenvalue weighted by Crippen LogP contribution is -2.40. The fourth-order valence-electron chi connectivity index (χ4n) is 4.67. The van der Waals surface area contributed by atoms with Gasteiger partial charge in [0.15, 0.2) is 5.82 Å². The van der Waals surface area contributed by atoms with Crippen LogP contribution in [-0.4, -0.2) is 69.2 Å². The number of para-hydroxylation sites is 2. The molecule has 0 spiro atoms. The van der Waals surface area contributed by atoms with Crippen molar-refractivity contribution in [2.24, 2.45) is 0 Å². The summed E-state index contributed by atoms with van der Waals surface area (Å²) in [6.45, 7) is 2.25. The van der Waals surface area contributed by atoms with Crippen LogP contribution in [0.3, 0.4) is 0 Å². The van der Waals surface area contributed by atoms with Crippen molar-refractivity contribution >= 4 is 38.8 Å². The van der Waals surface area contributed by atoms with E-state index in [0.717, 1.165) is 25.7 Å². The molecule has 1 aliphatic heterocycles. The molecule has 1 N–H and O–H groups in total. The Morgan fingerprint density at radius 1 is 1.14 bits per heavy atom. The van der Waals surface area contributed by atoms with Gasteiger partial charge in [0, 0.05) is 25.2 Å². The van der Waals surface area contributed by atoms with E-state index in [1.165, 1.54) is 4.57 Å². The number of hydrogen-bond donors (Lipinski definition) is 1.